The molecule has 3 N–H and O–H groups in total. The number of carboxylic acids is 1. The summed E-state index contributed by atoms with van der Waals surface area (Å²) in [5.74, 6) is -1.11. The molecular formula is C12H14ClNO4S. The summed E-state index contributed by atoms with van der Waals surface area (Å²) >= 11 is 7.06. The van der Waals surface area contributed by atoms with Crippen LogP contribution in [-0.2, 0) is 9.53 Å². The van der Waals surface area contributed by atoms with Crippen LogP contribution >= 0.6 is 23.4 Å². The molecule has 0 fully saturated rings. The summed E-state index contributed by atoms with van der Waals surface area (Å²) in [5.41, 5.74) is 6.42. The molecule has 0 amide bonds. The molecule has 5 nitrogen and oxygen atoms in total. The number of carbonyl (C=O) groups excluding carboxylic acids is 1. The largest absolute Gasteiger partial charge is 0.481 e. The molecule has 0 atom stereocenters. The quantitative estimate of drug-likeness (QED) is 0.477. The van der Waals surface area contributed by atoms with E-state index in [0.29, 0.717) is 21.4 Å². The molecule has 0 aliphatic carbocycles. The Kier molecular flexibility index (Phi) is 5.98. The Labute approximate surface area is 120 Å². The predicted octanol–water partition coefficient (Wildman–Crippen LogP) is 2.67. The molecule has 0 heterocycles. The number of halogens is 1. The van der Waals surface area contributed by atoms with Crippen LogP contribution in [0.5, 0.6) is 0 Å². The number of benzene rings is 1. The van der Waals surface area contributed by atoms with E-state index in [2.05, 4.69) is 0 Å². The molecule has 0 aromatic heterocycles. The molecule has 1 aromatic rings. The van der Waals surface area contributed by atoms with Crippen molar-refractivity contribution in [1.29, 1.82) is 0 Å². The number of hydrogen-bond donors (Lipinski definition) is 2. The maximum atomic E-state index is 11.8. The first-order valence-corrected chi connectivity index (χ1v) is 6.92. The van der Waals surface area contributed by atoms with Gasteiger partial charge in [0.2, 0.25) is 0 Å². The summed E-state index contributed by atoms with van der Waals surface area (Å²) in [4.78, 5) is 22.8. The summed E-state index contributed by atoms with van der Waals surface area (Å²) in [6, 6.07) is 2.99. The van der Waals surface area contributed by atoms with E-state index in [-0.39, 0.29) is 18.6 Å². The lowest BCUT2D eigenvalue weighted by atomic mass is 10.2. The second kappa shape index (κ2) is 7.25. The zero-order chi connectivity index (χ0) is 14.4. The van der Waals surface area contributed by atoms with E-state index in [1.54, 1.807) is 6.92 Å². The minimum absolute atomic E-state index is 0.0189. The number of aliphatic carboxylic acids is 1. The van der Waals surface area contributed by atoms with Gasteiger partial charge in [-0.1, -0.05) is 11.6 Å². The van der Waals surface area contributed by atoms with Gasteiger partial charge < -0.3 is 15.6 Å². The van der Waals surface area contributed by atoms with E-state index in [4.69, 9.17) is 27.2 Å². The molecule has 0 bridgehead atoms. The van der Waals surface area contributed by atoms with Crippen molar-refractivity contribution in [2.45, 2.75) is 18.2 Å². The standard InChI is InChI=1S/C12H14ClNO4S/c1-2-18-12(17)8-5-7(13)6-9(14)11(8)19-4-3-10(15)16/h5-6H,2-4,14H2,1H3,(H,15,16). The molecule has 0 radical (unpaired) electrons. The number of rotatable bonds is 6. The lowest BCUT2D eigenvalue weighted by Gasteiger charge is -2.11. The van der Waals surface area contributed by atoms with E-state index in [1.165, 1.54) is 23.9 Å². The van der Waals surface area contributed by atoms with Crippen LogP contribution in [0.1, 0.15) is 23.7 Å². The van der Waals surface area contributed by atoms with Gasteiger partial charge in [0.25, 0.3) is 0 Å². The van der Waals surface area contributed by atoms with Crippen molar-refractivity contribution in [3.05, 3.63) is 22.7 Å². The van der Waals surface area contributed by atoms with Gasteiger partial charge >= 0.3 is 11.9 Å². The number of carboxylic acid groups (broad SMARTS) is 1. The van der Waals surface area contributed by atoms with Gasteiger partial charge in [-0.15, -0.1) is 11.8 Å². The van der Waals surface area contributed by atoms with Gasteiger partial charge in [-0.05, 0) is 19.1 Å². The van der Waals surface area contributed by atoms with E-state index < -0.39 is 11.9 Å². The molecule has 7 heteroatoms. The number of thioether (sulfide) groups is 1. The average molecular weight is 304 g/mol. The first-order chi connectivity index (χ1) is 8.95. The third-order valence-electron chi connectivity index (χ3n) is 2.14. The van der Waals surface area contributed by atoms with Gasteiger partial charge in [0.15, 0.2) is 0 Å². The molecule has 1 aromatic carbocycles. The number of hydrogen-bond acceptors (Lipinski definition) is 5. The number of ether oxygens (including phenoxy) is 1. The number of nitrogens with two attached hydrogens (primary N) is 1. The maximum absolute atomic E-state index is 11.8. The summed E-state index contributed by atoms with van der Waals surface area (Å²) in [6.07, 6.45) is -0.0189. The van der Waals surface area contributed by atoms with Crippen molar-refractivity contribution in [2.24, 2.45) is 0 Å². The Morgan fingerprint density at radius 2 is 2.16 bits per heavy atom. The predicted molar refractivity (Wildman–Crippen MR) is 74.8 cm³/mol. The Bertz CT molecular complexity index is 493. The van der Waals surface area contributed by atoms with Crippen molar-refractivity contribution in [3.8, 4) is 0 Å². The molecule has 0 spiro atoms. The van der Waals surface area contributed by atoms with Crippen molar-refractivity contribution in [2.75, 3.05) is 18.1 Å². The third-order valence-corrected chi connectivity index (χ3v) is 3.51. The summed E-state index contributed by atoms with van der Waals surface area (Å²) < 4.78 is 4.92. The second-order valence-corrected chi connectivity index (χ2v) is 5.13. The van der Waals surface area contributed by atoms with Crippen LogP contribution in [-0.4, -0.2) is 29.4 Å². The van der Waals surface area contributed by atoms with Crippen molar-refractivity contribution in [1.82, 2.24) is 0 Å². The molecule has 0 unspecified atom stereocenters. The zero-order valence-electron chi connectivity index (χ0n) is 10.3. The molecule has 0 aliphatic heterocycles. The van der Waals surface area contributed by atoms with Crippen molar-refractivity contribution >= 4 is 41.0 Å². The molecule has 0 saturated carbocycles. The van der Waals surface area contributed by atoms with Gasteiger partial charge in [0.1, 0.15) is 0 Å². The fourth-order valence-corrected chi connectivity index (χ4v) is 2.61. The lowest BCUT2D eigenvalue weighted by molar-refractivity contribution is -0.136. The van der Waals surface area contributed by atoms with Crippen LogP contribution in [0.4, 0.5) is 5.69 Å². The molecule has 0 aliphatic rings. The van der Waals surface area contributed by atoms with Gasteiger partial charge in [0.05, 0.1) is 18.6 Å². The molecule has 104 valence electrons. The highest BCUT2D eigenvalue weighted by molar-refractivity contribution is 7.99. The van der Waals surface area contributed by atoms with Crippen LogP contribution in [0.25, 0.3) is 0 Å². The minimum Gasteiger partial charge on any atom is -0.481 e. The van der Waals surface area contributed by atoms with Crippen LogP contribution in [0.15, 0.2) is 17.0 Å². The highest BCUT2D eigenvalue weighted by Crippen LogP contribution is 2.33. The van der Waals surface area contributed by atoms with E-state index in [1.807, 2.05) is 0 Å². The molecule has 19 heavy (non-hydrogen) atoms. The Morgan fingerprint density at radius 1 is 1.47 bits per heavy atom. The molecule has 0 saturated heterocycles. The number of carbonyl (C=O) groups is 2. The second-order valence-electron chi connectivity index (χ2n) is 3.58. The van der Waals surface area contributed by atoms with Crippen LogP contribution in [0, 0.1) is 0 Å². The van der Waals surface area contributed by atoms with Gasteiger partial charge in [-0.2, -0.15) is 0 Å². The number of esters is 1. The lowest BCUT2D eigenvalue weighted by Crippen LogP contribution is -2.08. The smallest absolute Gasteiger partial charge is 0.339 e. The van der Waals surface area contributed by atoms with Crippen LogP contribution in [0.3, 0.4) is 0 Å². The fraction of sp³-hybridized carbons (Fsp3) is 0.333. The topological polar surface area (TPSA) is 89.6 Å². The minimum atomic E-state index is -0.905. The monoisotopic (exact) mass is 303 g/mol. The van der Waals surface area contributed by atoms with E-state index in [0.717, 1.165) is 0 Å². The molecule has 1 rings (SSSR count). The Hall–Kier alpha value is -1.40. The number of anilines is 1. The average Bonchev–Trinajstić information content (AvgIpc) is 2.31. The van der Waals surface area contributed by atoms with Gasteiger partial charge in [-0.3, -0.25) is 4.79 Å². The van der Waals surface area contributed by atoms with Crippen molar-refractivity contribution < 1.29 is 19.4 Å². The molecular weight excluding hydrogens is 290 g/mol. The van der Waals surface area contributed by atoms with Crippen LogP contribution < -0.4 is 5.73 Å². The van der Waals surface area contributed by atoms with Crippen LogP contribution in [0.2, 0.25) is 5.02 Å². The van der Waals surface area contributed by atoms with Gasteiger partial charge in [0, 0.05) is 21.4 Å². The first-order valence-electron chi connectivity index (χ1n) is 5.56. The fourth-order valence-electron chi connectivity index (χ4n) is 1.38. The Balaban J connectivity index is 2.99. The normalized spacial score (nSPS) is 10.2. The summed E-state index contributed by atoms with van der Waals surface area (Å²) in [6.45, 7) is 1.94. The highest BCUT2D eigenvalue weighted by atomic mass is 35.5. The van der Waals surface area contributed by atoms with Crippen molar-refractivity contribution in [3.63, 3.8) is 0 Å². The summed E-state index contributed by atoms with van der Waals surface area (Å²) in [5, 5.41) is 8.95. The van der Waals surface area contributed by atoms with E-state index >= 15 is 0 Å². The SMILES string of the molecule is CCOC(=O)c1cc(Cl)cc(N)c1SCCC(=O)O. The van der Waals surface area contributed by atoms with Gasteiger partial charge in [-0.25, -0.2) is 4.79 Å². The third kappa shape index (κ3) is 4.65. The van der Waals surface area contributed by atoms with E-state index in [9.17, 15) is 9.59 Å². The summed E-state index contributed by atoms with van der Waals surface area (Å²) in [7, 11) is 0. The first kappa shape index (κ1) is 15.7. The number of nitrogen functional groups attached to an aromatic ring is 1. The zero-order valence-corrected chi connectivity index (χ0v) is 11.9. The highest BCUT2D eigenvalue weighted by Gasteiger charge is 2.17. The Morgan fingerprint density at radius 3 is 2.74 bits per heavy atom. The maximum Gasteiger partial charge on any atom is 0.339 e.